The fourth-order valence-electron chi connectivity index (χ4n) is 3.66. The van der Waals surface area contributed by atoms with Gasteiger partial charge < -0.3 is 10.2 Å². The van der Waals surface area contributed by atoms with Crippen LogP contribution in [0.15, 0.2) is 27.9 Å². The van der Waals surface area contributed by atoms with Gasteiger partial charge in [0.25, 0.3) is 0 Å². The Morgan fingerprint density at radius 3 is 2.79 bits per heavy atom. The van der Waals surface area contributed by atoms with Crippen LogP contribution in [0.25, 0.3) is 0 Å². The first kappa shape index (κ1) is 22.2. The van der Waals surface area contributed by atoms with Crippen molar-refractivity contribution in [3.8, 4) is 0 Å². The van der Waals surface area contributed by atoms with Crippen molar-refractivity contribution in [1.29, 1.82) is 0 Å². The van der Waals surface area contributed by atoms with Gasteiger partial charge in [-0.1, -0.05) is 13.0 Å². The molecule has 0 bridgehead atoms. The molecule has 0 saturated carbocycles. The lowest BCUT2D eigenvalue weighted by Crippen LogP contribution is -2.40. The molecule has 0 aliphatic carbocycles. The summed E-state index contributed by atoms with van der Waals surface area (Å²) < 4.78 is 0. The molecule has 0 atom stereocenters. The van der Waals surface area contributed by atoms with E-state index in [0.717, 1.165) is 58.1 Å². The molecule has 160 valence electrons. The molecule has 1 aliphatic rings. The fourth-order valence-corrected chi connectivity index (χ4v) is 5.10. The Morgan fingerprint density at radius 2 is 2.14 bits per heavy atom. The standard InChI is InChI=1S/C22H35N5S2/c1-4-21-25-19(17-29-21)16-27-12-8-18(9-13-27)15-24-22(23-5-2)26(3)11-10-20-7-6-14-28-20/h6-7,14,17-18H,4-5,8-13,15-16H2,1-3H3,(H,23,24). The number of likely N-dealkylation sites (N-methyl/N-ethyl adjacent to an activating group) is 1. The van der Waals surface area contributed by atoms with Gasteiger partial charge in [0.1, 0.15) is 0 Å². The summed E-state index contributed by atoms with van der Waals surface area (Å²) in [6.45, 7) is 10.5. The molecule has 3 heterocycles. The minimum absolute atomic E-state index is 0.687. The van der Waals surface area contributed by atoms with Gasteiger partial charge >= 0.3 is 0 Å². The van der Waals surface area contributed by atoms with E-state index in [1.165, 1.54) is 28.4 Å². The van der Waals surface area contributed by atoms with E-state index in [1.807, 2.05) is 11.3 Å². The van der Waals surface area contributed by atoms with Gasteiger partial charge in [-0.2, -0.15) is 0 Å². The Hall–Kier alpha value is -1.44. The van der Waals surface area contributed by atoms with Crippen molar-refractivity contribution in [3.63, 3.8) is 0 Å². The molecule has 0 radical (unpaired) electrons. The highest BCUT2D eigenvalue weighted by Crippen LogP contribution is 2.20. The molecule has 0 spiro atoms. The molecular weight excluding hydrogens is 398 g/mol. The maximum Gasteiger partial charge on any atom is 0.193 e. The van der Waals surface area contributed by atoms with Gasteiger partial charge in [0.15, 0.2) is 5.96 Å². The van der Waals surface area contributed by atoms with Gasteiger partial charge in [0.05, 0.1) is 10.7 Å². The molecule has 1 N–H and O–H groups in total. The first-order valence-electron chi connectivity index (χ1n) is 10.8. The van der Waals surface area contributed by atoms with E-state index in [4.69, 9.17) is 9.98 Å². The van der Waals surface area contributed by atoms with Crippen molar-refractivity contribution in [2.75, 3.05) is 39.8 Å². The highest BCUT2D eigenvalue weighted by molar-refractivity contribution is 7.10. The number of nitrogens with zero attached hydrogens (tertiary/aromatic N) is 4. The molecule has 5 nitrogen and oxygen atoms in total. The Kier molecular flexibility index (Phi) is 8.95. The van der Waals surface area contributed by atoms with E-state index < -0.39 is 0 Å². The lowest BCUT2D eigenvalue weighted by atomic mass is 9.97. The van der Waals surface area contributed by atoms with Gasteiger partial charge in [0.2, 0.25) is 0 Å². The number of hydrogen-bond donors (Lipinski definition) is 1. The van der Waals surface area contributed by atoms with Gasteiger partial charge in [-0.25, -0.2) is 4.98 Å². The average Bonchev–Trinajstić information content (AvgIpc) is 3.42. The molecule has 2 aromatic rings. The summed E-state index contributed by atoms with van der Waals surface area (Å²) >= 11 is 3.63. The van der Waals surface area contributed by atoms with Gasteiger partial charge in [0, 0.05) is 43.5 Å². The minimum Gasteiger partial charge on any atom is -0.357 e. The summed E-state index contributed by atoms with van der Waals surface area (Å²) in [5.41, 5.74) is 1.24. The zero-order chi connectivity index (χ0) is 20.5. The van der Waals surface area contributed by atoms with Crippen LogP contribution in [0.4, 0.5) is 0 Å². The predicted molar refractivity (Wildman–Crippen MR) is 126 cm³/mol. The van der Waals surface area contributed by atoms with Crippen molar-refractivity contribution in [3.05, 3.63) is 38.5 Å². The van der Waals surface area contributed by atoms with Crippen LogP contribution in [0.2, 0.25) is 0 Å². The monoisotopic (exact) mass is 433 g/mol. The van der Waals surface area contributed by atoms with Crippen LogP contribution in [-0.2, 0) is 19.4 Å². The topological polar surface area (TPSA) is 43.8 Å². The van der Waals surface area contributed by atoms with E-state index in [0.29, 0.717) is 5.92 Å². The number of guanidine groups is 1. The third-order valence-corrected chi connectivity index (χ3v) is 7.44. The molecule has 2 aromatic heterocycles. The van der Waals surface area contributed by atoms with Crippen molar-refractivity contribution < 1.29 is 0 Å². The highest BCUT2D eigenvalue weighted by atomic mass is 32.1. The maximum absolute atomic E-state index is 4.97. The maximum atomic E-state index is 4.97. The lowest BCUT2D eigenvalue weighted by Gasteiger charge is -2.31. The zero-order valence-corrected chi connectivity index (χ0v) is 19.7. The summed E-state index contributed by atoms with van der Waals surface area (Å²) in [7, 11) is 2.15. The number of rotatable bonds is 9. The van der Waals surface area contributed by atoms with Crippen LogP contribution in [0.5, 0.6) is 0 Å². The van der Waals surface area contributed by atoms with E-state index in [9.17, 15) is 0 Å². The molecule has 29 heavy (non-hydrogen) atoms. The summed E-state index contributed by atoms with van der Waals surface area (Å²) in [6.07, 6.45) is 4.58. The fraction of sp³-hybridized carbons (Fsp3) is 0.636. The number of likely N-dealkylation sites (tertiary alicyclic amines) is 1. The van der Waals surface area contributed by atoms with Crippen LogP contribution in [-0.4, -0.2) is 60.5 Å². The first-order chi connectivity index (χ1) is 14.2. The van der Waals surface area contributed by atoms with E-state index in [2.05, 4.69) is 58.9 Å². The van der Waals surface area contributed by atoms with E-state index in [-0.39, 0.29) is 0 Å². The third kappa shape index (κ3) is 7.08. The average molecular weight is 434 g/mol. The molecule has 1 aliphatic heterocycles. The predicted octanol–water partition coefficient (Wildman–Crippen LogP) is 4.12. The van der Waals surface area contributed by atoms with E-state index >= 15 is 0 Å². The second kappa shape index (κ2) is 11.7. The van der Waals surface area contributed by atoms with Crippen LogP contribution < -0.4 is 5.32 Å². The molecule has 7 heteroatoms. The summed E-state index contributed by atoms with van der Waals surface area (Å²) in [6, 6.07) is 4.34. The van der Waals surface area contributed by atoms with Crippen molar-refractivity contribution in [2.24, 2.45) is 10.9 Å². The lowest BCUT2D eigenvalue weighted by molar-refractivity contribution is 0.179. The number of aromatic nitrogens is 1. The second-order valence-electron chi connectivity index (χ2n) is 7.75. The molecule has 1 saturated heterocycles. The Labute approximate surface area is 183 Å². The second-order valence-corrected chi connectivity index (χ2v) is 9.73. The Balaban J connectivity index is 1.43. The number of thiazole rings is 1. The molecule has 0 unspecified atom stereocenters. The quantitative estimate of drug-likeness (QED) is 0.477. The Bertz CT molecular complexity index is 732. The molecule has 1 fully saturated rings. The first-order valence-corrected chi connectivity index (χ1v) is 12.6. The molecule has 0 aromatic carbocycles. The number of thiophene rings is 1. The van der Waals surface area contributed by atoms with Crippen LogP contribution in [0, 0.1) is 5.92 Å². The van der Waals surface area contributed by atoms with Crippen molar-refractivity contribution in [1.82, 2.24) is 20.1 Å². The van der Waals surface area contributed by atoms with Crippen LogP contribution in [0.1, 0.15) is 42.3 Å². The minimum atomic E-state index is 0.687. The van der Waals surface area contributed by atoms with Gasteiger partial charge in [-0.3, -0.25) is 9.89 Å². The normalized spacial score (nSPS) is 16.3. The number of piperidine rings is 1. The van der Waals surface area contributed by atoms with E-state index in [1.54, 1.807) is 11.3 Å². The highest BCUT2D eigenvalue weighted by Gasteiger charge is 2.20. The largest absolute Gasteiger partial charge is 0.357 e. The number of nitrogens with one attached hydrogen (secondary N) is 1. The molecule has 0 amide bonds. The SMILES string of the molecule is CCNC(=NCC1CCN(Cc2csc(CC)n2)CC1)N(C)CCc1cccs1. The number of aryl methyl sites for hydroxylation is 1. The van der Waals surface area contributed by atoms with Crippen molar-refractivity contribution in [2.45, 2.75) is 46.1 Å². The smallest absolute Gasteiger partial charge is 0.193 e. The third-order valence-electron chi connectivity index (χ3n) is 5.46. The van der Waals surface area contributed by atoms with Crippen LogP contribution >= 0.6 is 22.7 Å². The molecule has 3 rings (SSSR count). The zero-order valence-electron chi connectivity index (χ0n) is 18.1. The van der Waals surface area contributed by atoms with Crippen molar-refractivity contribution >= 4 is 28.6 Å². The van der Waals surface area contributed by atoms with Crippen LogP contribution in [0.3, 0.4) is 0 Å². The summed E-state index contributed by atoms with van der Waals surface area (Å²) in [4.78, 5) is 15.9. The number of aliphatic imine (C=N–C) groups is 1. The Morgan fingerprint density at radius 1 is 1.31 bits per heavy atom. The summed E-state index contributed by atoms with van der Waals surface area (Å²) in [5.74, 6) is 1.73. The summed E-state index contributed by atoms with van der Waals surface area (Å²) in [5, 5.41) is 9.09. The van der Waals surface area contributed by atoms with Gasteiger partial charge in [-0.15, -0.1) is 22.7 Å². The molecular formula is C22H35N5S2. The van der Waals surface area contributed by atoms with Gasteiger partial charge in [-0.05, 0) is 63.1 Å². The number of hydrogen-bond acceptors (Lipinski definition) is 5.